The highest BCUT2D eigenvalue weighted by Gasteiger charge is 1.98. The van der Waals surface area contributed by atoms with E-state index >= 15 is 0 Å². The first-order valence-corrected chi connectivity index (χ1v) is 5.91. The molecule has 0 aliphatic heterocycles. The predicted octanol–water partition coefficient (Wildman–Crippen LogP) is 3.10. The summed E-state index contributed by atoms with van der Waals surface area (Å²) in [7, 11) is 1.92. The van der Waals surface area contributed by atoms with Gasteiger partial charge in [0.15, 0.2) is 0 Å². The van der Waals surface area contributed by atoms with Crippen LogP contribution in [0.25, 0.3) is 0 Å². The van der Waals surface area contributed by atoms with Gasteiger partial charge in [0.1, 0.15) is 0 Å². The van der Waals surface area contributed by atoms with Crippen LogP contribution in [0.4, 0.5) is 5.69 Å². The van der Waals surface area contributed by atoms with Crippen LogP contribution < -0.4 is 5.32 Å². The fraction of sp³-hybridized carbons (Fsp3) is 0.250. The highest BCUT2D eigenvalue weighted by atomic mass is 79.9. The van der Waals surface area contributed by atoms with Crippen molar-refractivity contribution in [3.05, 3.63) is 46.2 Å². The maximum Gasteiger partial charge on any atom is 0.0539 e. The first kappa shape index (κ1) is 11.2. The molecule has 4 heteroatoms. The number of aromatic nitrogens is 2. The zero-order chi connectivity index (χ0) is 11.5. The summed E-state index contributed by atoms with van der Waals surface area (Å²) in [6.45, 7) is 2.88. The summed E-state index contributed by atoms with van der Waals surface area (Å²) in [5, 5.41) is 7.50. The second-order valence-electron chi connectivity index (χ2n) is 3.89. The van der Waals surface area contributed by atoms with Gasteiger partial charge in [0, 0.05) is 35.5 Å². The zero-order valence-electron chi connectivity index (χ0n) is 9.37. The SMILES string of the molecule is Cc1cc(Br)cc(NCc2cnn(C)c2)c1. The van der Waals surface area contributed by atoms with E-state index < -0.39 is 0 Å². The Morgan fingerprint density at radius 1 is 1.38 bits per heavy atom. The Labute approximate surface area is 104 Å². The third-order valence-corrected chi connectivity index (χ3v) is 2.75. The van der Waals surface area contributed by atoms with E-state index in [-0.39, 0.29) is 0 Å². The number of hydrogen-bond acceptors (Lipinski definition) is 2. The summed E-state index contributed by atoms with van der Waals surface area (Å²) in [4.78, 5) is 0. The van der Waals surface area contributed by atoms with Crippen molar-refractivity contribution in [3.63, 3.8) is 0 Å². The third kappa shape index (κ3) is 2.85. The minimum absolute atomic E-state index is 0.795. The van der Waals surface area contributed by atoms with E-state index in [1.54, 1.807) is 0 Å². The molecule has 0 amide bonds. The molecule has 0 spiro atoms. The molecule has 0 saturated heterocycles. The Morgan fingerprint density at radius 2 is 2.19 bits per heavy atom. The molecule has 0 radical (unpaired) electrons. The quantitative estimate of drug-likeness (QED) is 0.936. The van der Waals surface area contributed by atoms with Gasteiger partial charge >= 0.3 is 0 Å². The fourth-order valence-electron chi connectivity index (χ4n) is 1.61. The Balaban J connectivity index is 2.04. The van der Waals surface area contributed by atoms with E-state index in [0.29, 0.717) is 0 Å². The lowest BCUT2D eigenvalue weighted by atomic mass is 10.2. The summed E-state index contributed by atoms with van der Waals surface area (Å²) >= 11 is 3.49. The Morgan fingerprint density at radius 3 is 2.81 bits per heavy atom. The van der Waals surface area contributed by atoms with Crippen molar-refractivity contribution in [1.82, 2.24) is 9.78 Å². The molecule has 16 heavy (non-hydrogen) atoms. The van der Waals surface area contributed by atoms with Crippen LogP contribution in [0.5, 0.6) is 0 Å². The number of nitrogens with one attached hydrogen (secondary N) is 1. The maximum absolute atomic E-state index is 4.13. The zero-order valence-corrected chi connectivity index (χ0v) is 11.0. The smallest absolute Gasteiger partial charge is 0.0539 e. The third-order valence-electron chi connectivity index (χ3n) is 2.30. The molecule has 0 aliphatic rings. The molecule has 3 nitrogen and oxygen atoms in total. The van der Waals surface area contributed by atoms with Crippen LogP contribution in [-0.2, 0) is 13.6 Å². The monoisotopic (exact) mass is 279 g/mol. The molecule has 1 aromatic carbocycles. The topological polar surface area (TPSA) is 29.9 Å². The minimum Gasteiger partial charge on any atom is -0.381 e. The molecule has 1 N–H and O–H groups in total. The van der Waals surface area contributed by atoms with Gasteiger partial charge in [-0.15, -0.1) is 0 Å². The van der Waals surface area contributed by atoms with Crippen molar-refractivity contribution < 1.29 is 0 Å². The van der Waals surface area contributed by atoms with Crippen LogP contribution in [0, 0.1) is 6.92 Å². The molecule has 2 rings (SSSR count). The first-order valence-electron chi connectivity index (χ1n) is 5.12. The van der Waals surface area contributed by atoms with Gasteiger partial charge in [-0.05, 0) is 30.7 Å². The molecule has 0 atom stereocenters. The molecule has 84 valence electrons. The van der Waals surface area contributed by atoms with Crippen molar-refractivity contribution >= 4 is 21.6 Å². The van der Waals surface area contributed by atoms with Crippen LogP contribution in [0.2, 0.25) is 0 Å². The molecule has 0 saturated carbocycles. The lowest BCUT2D eigenvalue weighted by molar-refractivity contribution is 0.767. The summed E-state index contributed by atoms with van der Waals surface area (Å²) in [6.07, 6.45) is 3.88. The number of nitrogens with zero attached hydrogens (tertiary/aromatic N) is 2. The lowest BCUT2D eigenvalue weighted by Gasteiger charge is -2.06. The van der Waals surface area contributed by atoms with Crippen molar-refractivity contribution in [2.24, 2.45) is 7.05 Å². The second kappa shape index (κ2) is 4.70. The second-order valence-corrected chi connectivity index (χ2v) is 4.81. The van der Waals surface area contributed by atoms with E-state index in [9.17, 15) is 0 Å². The van der Waals surface area contributed by atoms with Gasteiger partial charge in [0.2, 0.25) is 0 Å². The number of halogens is 1. The number of aryl methyl sites for hydroxylation is 2. The largest absolute Gasteiger partial charge is 0.381 e. The number of anilines is 1. The summed E-state index contributed by atoms with van der Waals surface area (Å²) in [5.74, 6) is 0. The van der Waals surface area contributed by atoms with Gasteiger partial charge < -0.3 is 5.32 Å². The number of rotatable bonds is 3. The summed E-state index contributed by atoms with van der Waals surface area (Å²) in [5.41, 5.74) is 3.54. The Bertz CT molecular complexity index is 471. The highest BCUT2D eigenvalue weighted by molar-refractivity contribution is 9.10. The molecule has 1 aromatic heterocycles. The predicted molar refractivity (Wildman–Crippen MR) is 69.4 cm³/mol. The normalized spacial score (nSPS) is 10.4. The molecule has 1 heterocycles. The van der Waals surface area contributed by atoms with Gasteiger partial charge in [-0.25, -0.2) is 0 Å². The molecule has 0 bridgehead atoms. The van der Waals surface area contributed by atoms with Crippen molar-refractivity contribution in [2.45, 2.75) is 13.5 Å². The number of benzene rings is 1. The van der Waals surface area contributed by atoms with Crippen LogP contribution in [-0.4, -0.2) is 9.78 Å². The molecule has 0 unspecified atom stereocenters. The average Bonchev–Trinajstić information content (AvgIpc) is 2.60. The maximum atomic E-state index is 4.13. The van der Waals surface area contributed by atoms with Gasteiger partial charge in [-0.1, -0.05) is 15.9 Å². The van der Waals surface area contributed by atoms with Crippen LogP contribution in [0.15, 0.2) is 35.1 Å². The van der Waals surface area contributed by atoms with E-state index in [2.05, 4.69) is 51.5 Å². The molecule has 0 fully saturated rings. The standard InChI is InChI=1S/C12H14BrN3/c1-9-3-11(13)5-12(4-9)14-6-10-7-15-16(2)8-10/h3-5,7-8,14H,6H2,1-2H3. The van der Waals surface area contributed by atoms with Gasteiger partial charge in [0.05, 0.1) is 6.20 Å². The Hall–Kier alpha value is -1.29. The highest BCUT2D eigenvalue weighted by Crippen LogP contribution is 2.19. The molecule has 2 aromatic rings. The van der Waals surface area contributed by atoms with E-state index in [0.717, 1.165) is 16.7 Å². The minimum atomic E-state index is 0.795. The summed E-state index contributed by atoms with van der Waals surface area (Å²) in [6, 6.07) is 6.29. The van der Waals surface area contributed by atoms with Crippen LogP contribution in [0.3, 0.4) is 0 Å². The molecular formula is C12H14BrN3. The van der Waals surface area contributed by atoms with Gasteiger partial charge in [-0.2, -0.15) is 5.10 Å². The van der Waals surface area contributed by atoms with E-state index in [1.165, 1.54) is 11.1 Å². The fourth-order valence-corrected chi connectivity index (χ4v) is 2.21. The Kier molecular flexibility index (Phi) is 3.29. The van der Waals surface area contributed by atoms with Gasteiger partial charge in [-0.3, -0.25) is 4.68 Å². The van der Waals surface area contributed by atoms with Crippen molar-refractivity contribution in [1.29, 1.82) is 0 Å². The van der Waals surface area contributed by atoms with E-state index in [4.69, 9.17) is 0 Å². The molecular weight excluding hydrogens is 266 g/mol. The average molecular weight is 280 g/mol. The van der Waals surface area contributed by atoms with E-state index in [1.807, 2.05) is 24.1 Å². The van der Waals surface area contributed by atoms with Gasteiger partial charge in [0.25, 0.3) is 0 Å². The number of hydrogen-bond donors (Lipinski definition) is 1. The lowest BCUT2D eigenvalue weighted by Crippen LogP contribution is -1.98. The summed E-state index contributed by atoms with van der Waals surface area (Å²) < 4.78 is 2.91. The van der Waals surface area contributed by atoms with Crippen molar-refractivity contribution in [2.75, 3.05) is 5.32 Å². The molecule has 0 aliphatic carbocycles. The van der Waals surface area contributed by atoms with Crippen LogP contribution >= 0.6 is 15.9 Å². The first-order chi connectivity index (χ1) is 7.63. The van der Waals surface area contributed by atoms with Crippen LogP contribution in [0.1, 0.15) is 11.1 Å². The van der Waals surface area contributed by atoms with Crippen molar-refractivity contribution in [3.8, 4) is 0 Å².